The van der Waals surface area contributed by atoms with Crippen LogP contribution in [0.2, 0.25) is 0 Å². The summed E-state index contributed by atoms with van der Waals surface area (Å²) in [4.78, 5) is 26.3. The van der Waals surface area contributed by atoms with Crippen molar-refractivity contribution in [3.8, 4) is 0 Å². The second-order valence-corrected chi connectivity index (χ2v) is 5.92. The Hall–Kier alpha value is -2.47. The number of imide groups is 1. The van der Waals surface area contributed by atoms with E-state index in [1.807, 2.05) is 18.4 Å². The Morgan fingerprint density at radius 1 is 1.23 bits per heavy atom. The molecule has 1 aliphatic rings. The minimum atomic E-state index is -0.463. The van der Waals surface area contributed by atoms with Crippen LogP contribution in [0.5, 0.6) is 0 Å². The summed E-state index contributed by atoms with van der Waals surface area (Å²) in [6, 6.07) is 7.21. The fourth-order valence-electron chi connectivity index (χ4n) is 2.15. The van der Waals surface area contributed by atoms with E-state index in [0.29, 0.717) is 5.56 Å². The van der Waals surface area contributed by atoms with Crippen molar-refractivity contribution in [1.82, 2.24) is 10.2 Å². The zero-order chi connectivity index (χ0) is 15.7. The van der Waals surface area contributed by atoms with Crippen molar-refractivity contribution in [3.63, 3.8) is 0 Å². The summed E-state index contributed by atoms with van der Waals surface area (Å²) in [7, 11) is 0. The second-order valence-electron chi connectivity index (χ2n) is 4.97. The van der Waals surface area contributed by atoms with Gasteiger partial charge >= 0.3 is 6.03 Å². The summed E-state index contributed by atoms with van der Waals surface area (Å²) < 4.78 is 12.9. The minimum absolute atomic E-state index is 0.117. The SMILES string of the molecule is Cc1ccsc1C=C1NC(=O)N(Cc2ccc(F)cc2)C1=O. The predicted octanol–water partition coefficient (Wildman–Crippen LogP) is 3.29. The number of amides is 3. The molecule has 0 bridgehead atoms. The summed E-state index contributed by atoms with van der Waals surface area (Å²) in [5.41, 5.74) is 2.01. The molecule has 1 aromatic carbocycles. The van der Waals surface area contributed by atoms with Gasteiger partial charge in [0.25, 0.3) is 5.91 Å². The van der Waals surface area contributed by atoms with Gasteiger partial charge in [-0.2, -0.15) is 0 Å². The molecule has 2 heterocycles. The average molecular weight is 316 g/mol. The summed E-state index contributed by atoms with van der Waals surface area (Å²) in [6.07, 6.45) is 1.69. The maximum Gasteiger partial charge on any atom is 0.329 e. The number of benzene rings is 1. The first-order valence-electron chi connectivity index (χ1n) is 6.67. The molecule has 2 aromatic rings. The molecule has 0 unspecified atom stereocenters. The van der Waals surface area contributed by atoms with Gasteiger partial charge in [0.2, 0.25) is 0 Å². The lowest BCUT2D eigenvalue weighted by Crippen LogP contribution is -2.30. The average Bonchev–Trinajstić information content (AvgIpc) is 3.00. The maximum atomic E-state index is 12.9. The maximum absolute atomic E-state index is 12.9. The first kappa shape index (κ1) is 14.5. The molecule has 0 saturated carbocycles. The van der Waals surface area contributed by atoms with Crippen LogP contribution >= 0.6 is 11.3 Å². The standard InChI is InChI=1S/C16H13FN2O2S/c1-10-6-7-22-14(10)8-13-15(20)19(16(21)18-13)9-11-2-4-12(17)5-3-11/h2-8H,9H2,1H3,(H,18,21). The number of halogens is 1. The number of rotatable bonds is 3. The van der Waals surface area contributed by atoms with Gasteiger partial charge in [-0.15, -0.1) is 11.3 Å². The monoisotopic (exact) mass is 316 g/mol. The summed E-state index contributed by atoms with van der Waals surface area (Å²) in [6.45, 7) is 2.06. The van der Waals surface area contributed by atoms with Crippen molar-refractivity contribution >= 4 is 29.4 Å². The van der Waals surface area contributed by atoms with Crippen LogP contribution < -0.4 is 5.32 Å². The van der Waals surface area contributed by atoms with Gasteiger partial charge < -0.3 is 5.32 Å². The van der Waals surface area contributed by atoms with Gasteiger partial charge in [0, 0.05) is 4.88 Å². The van der Waals surface area contributed by atoms with E-state index >= 15 is 0 Å². The van der Waals surface area contributed by atoms with Crippen LogP contribution in [-0.4, -0.2) is 16.8 Å². The fourth-order valence-corrected chi connectivity index (χ4v) is 3.01. The van der Waals surface area contributed by atoms with E-state index in [9.17, 15) is 14.0 Å². The molecule has 0 radical (unpaired) electrons. The number of hydrogen-bond donors (Lipinski definition) is 1. The van der Waals surface area contributed by atoms with E-state index in [2.05, 4.69) is 5.32 Å². The van der Waals surface area contributed by atoms with E-state index in [1.165, 1.54) is 23.5 Å². The highest BCUT2D eigenvalue weighted by Crippen LogP contribution is 2.22. The second kappa shape index (κ2) is 5.73. The Labute approximate surface area is 130 Å². The number of nitrogens with zero attached hydrogens (tertiary/aromatic N) is 1. The van der Waals surface area contributed by atoms with Crippen LogP contribution in [0.25, 0.3) is 6.08 Å². The van der Waals surface area contributed by atoms with Gasteiger partial charge in [-0.05, 0) is 47.7 Å². The molecule has 1 aliphatic heterocycles. The molecule has 3 rings (SSSR count). The van der Waals surface area contributed by atoms with Crippen molar-refractivity contribution in [3.05, 3.63) is 63.2 Å². The number of urea groups is 1. The van der Waals surface area contributed by atoms with E-state index in [0.717, 1.165) is 15.3 Å². The van der Waals surface area contributed by atoms with Crippen molar-refractivity contribution in [2.75, 3.05) is 0 Å². The molecule has 0 aliphatic carbocycles. The molecule has 1 N–H and O–H groups in total. The Morgan fingerprint density at radius 3 is 2.59 bits per heavy atom. The van der Waals surface area contributed by atoms with Crippen molar-refractivity contribution in [2.24, 2.45) is 0 Å². The number of carbonyl (C=O) groups excluding carboxylic acids is 2. The largest absolute Gasteiger partial charge is 0.329 e. The molecule has 0 atom stereocenters. The number of hydrogen-bond acceptors (Lipinski definition) is 3. The summed E-state index contributed by atoms with van der Waals surface area (Å²) >= 11 is 1.51. The lowest BCUT2D eigenvalue weighted by molar-refractivity contribution is -0.123. The molecule has 6 heteroatoms. The van der Waals surface area contributed by atoms with E-state index < -0.39 is 6.03 Å². The summed E-state index contributed by atoms with van der Waals surface area (Å²) in [5.74, 6) is -0.725. The third kappa shape index (κ3) is 2.78. The molecule has 3 amide bonds. The molecule has 1 aromatic heterocycles. The van der Waals surface area contributed by atoms with Crippen LogP contribution in [0.15, 0.2) is 41.4 Å². The molecule has 0 spiro atoms. The third-order valence-electron chi connectivity index (χ3n) is 3.39. The van der Waals surface area contributed by atoms with E-state index in [-0.39, 0.29) is 24.0 Å². The van der Waals surface area contributed by atoms with E-state index in [4.69, 9.17) is 0 Å². The van der Waals surface area contributed by atoms with Crippen LogP contribution in [0, 0.1) is 12.7 Å². The minimum Gasteiger partial charge on any atom is -0.303 e. The molecule has 22 heavy (non-hydrogen) atoms. The zero-order valence-corrected chi connectivity index (χ0v) is 12.6. The quantitative estimate of drug-likeness (QED) is 0.698. The number of aryl methyl sites for hydroxylation is 1. The molecular weight excluding hydrogens is 303 g/mol. The third-order valence-corrected chi connectivity index (χ3v) is 4.36. The molecule has 1 saturated heterocycles. The van der Waals surface area contributed by atoms with Crippen LogP contribution in [-0.2, 0) is 11.3 Å². The van der Waals surface area contributed by atoms with Crippen molar-refractivity contribution in [2.45, 2.75) is 13.5 Å². The molecule has 1 fully saturated rings. The van der Waals surface area contributed by atoms with Gasteiger partial charge in [0.05, 0.1) is 6.54 Å². The number of nitrogens with one attached hydrogen (secondary N) is 1. The van der Waals surface area contributed by atoms with E-state index in [1.54, 1.807) is 18.2 Å². The molecule has 4 nitrogen and oxygen atoms in total. The normalized spacial score (nSPS) is 16.5. The highest BCUT2D eigenvalue weighted by molar-refractivity contribution is 7.11. The Morgan fingerprint density at radius 2 is 1.95 bits per heavy atom. The van der Waals surface area contributed by atoms with Crippen molar-refractivity contribution < 1.29 is 14.0 Å². The van der Waals surface area contributed by atoms with Gasteiger partial charge in [-0.1, -0.05) is 12.1 Å². The number of thiophene rings is 1. The summed E-state index contributed by atoms with van der Waals surface area (Å²) in [5, 5.41) is 4.51. The Bertz CT molecular complexity index is 765. The van der Waals surface area contributed by atoms with Crippen molar-refractivity contribution in [1.29, 1.82) is 0 Å². The predicted molar refractivity (Wildman–Crippen MR) is 82.5 cm³/mol. The smallest absolute Gasteiger partial charge is 0.303 e. The molecule has 112 valence electrons. The van der Waals surface area contributed by atoms with Crippen LogP contribution in [0.1, 0.15) is 16.0 Å². The Kier molecular flexibility index (Phi) is 3.77. The first-order chi connectivity index (χ1) is 10.5. The topological polar surface area (TPSA) is 49.4 Å². The lowest BCUT2D eigenvalue weighted by Gasteiger charge is -2.11. The van der Waals surface area contributed by atoms with Crippen LogP contribution in [0.3, 0.4) is 0 Å². The lowest BCUT2D eigenvalue weighted by atomic mass is 10.2. The Balaban J connectivity index is 1.81. The van der Waals surface area contributed by atoms with Gasteiger partial charge in [0.15, 0.2) is 0 Å². The fraction of sp³-hybridized carbons (Fsp3) is 0.125. The van der Waals surface area contributed by atoms with Gasteiger partial charge in [-0.25, -0.2) is 9.18 Å². The molecular formula is C16H13FN2O2S. The van der Waals surface area contributed by atoms with Crippen LogP contribution in [0.4, 0.5) is 9.18 Å². The zero-order valence-electron chi connectivity index (χ0n) is 11.8. The van der Waals surface area contributed by atoms with Gasteiger partial charge in [0.1, 0.15) is 11.5 Å². The first-order valence-corrected chi connectivity index (χ1v) is 7.55. The highest BCUT2D eigenvalue weighted by Gasteiger charge is 2.33. The highest BCUT2D eigenvalue weighted by atomic mass is 32.1. The van der Waals surface area contributed by atoms with Gasteiger partial charge in [-0.3, -0.25) is 9.69 Å². The number of carbonyl (C=O) groups is 2.